The highest BCUT2D eigenvalue weighted by atomic mass is 16.3. The fourth-order valence-electron chi connectivity index (χ4n) is 1.90. The molecule has 0 saturated carbocycles. The van der Waals surface area contributed by atoms with Crippen LogP contribution in [-0.4, -0.2) is 29.6 Å². The number of hydrogen-bond donors (Lipinski definition) is 1. The first kappa shape index (κ1) is 14.2. The third kappa shape index (κ3) is 2.70. The summed E-state index contributed by atoms with van der Waals surface area (Å²) in [6, 6.07) is 4.26. The van der Waals surface area contributed by atoms with E-state index in [-0.39, 0.29) is 5.54 Å². The maximum absolute atomic E-state index is 10.6. The number of hydrogen-bond acceptors (Lipinski definition) is 2. The Labute approximate surface area is 105 Å². The molecule has 0 spiro atoms. The highest BCUT2D eigenvalue weighted by Crippen LogP contribution is 2.32. The van der Waals surface area contributed by atoms with Gasteiger partial charge in [0.15, 0.2) is 0 Å². The number of likely N-dealkylation sites (N-methyl/N-ethyl adjacent to an activating group) is 1. The summed E-state index contributed by atoms with van der Waals surface area (Å²) in [6.07, 6.45) is -0.475. The van der Waals surface area contributed by atoms with Crippen molar-refractivity contribution < 1.29 is 5.11 Å². The molecule has 1 aromatic carbocycles. The summed E-state index contributed by atoms with van der Waals surface area (Å²) in [6.45, 7) is 10.4. The Morgan fingerprint density at radius 2 is 1.47 bits per heavy atom. The van der Waals surface area contributed by atoms with Gasteiger partial charge in [-0.05, 0) is 71.0 Å². The second-order valence-electron chi connectivity index (χ2n) is 5.74. The highest BCUT2D eigenvalue weighted by Gasteiger charge is 2.32. The molecule has 0 bridgehead atoms. The van der Waals surface area contributed by atoms with Gasteiger partial charge in [0.1, 0.15) is 0 Å². The molecule has 2 heteroatoms. The molecule has 1 atom stereocenters. The molecule has 0 aliphatic rings. The molecule has 96 valence electrons. The number of aryl methyl sites for hydroxylation is 3. The third-order valence-electron chi connectivity index (χ3n) is 4.00. The number of nitrogens with zero attached hydrogens (tertiary/aromatic N) is 1. The molecule has 0 aromatic heterocycles. The topological polar surface area (TPSA) is 23.5 Å². The standard InChI is InChI=1S/C15H25NO/c1-10-8-12(3)13(9-11(10)2)14(17)15(4,5)16(6)7/h8-9,14,17H,1-7H3. The van der Waals surface area contributed by atoms with Gasteiger partial charge in [0, 0.05) is 5.54 Å². The number of aliphatic hydroxyl groups excluding tert-OH is 1. The summed E-state index contributed by atoms with van der Waals surface area (Å²) in [5.74, 6) is 0. The van der Waals surface area contributed by atoms with Gasteiger partial charge in [-0.25, -0.2) is 0 Å². The van der Waals surface area contributed by atoms with Gasteiger partial charge in [-0.3, -0.25) is 0 Å². The van der Waals surface area contributed by atoms with Crippen LogP contribution in [0.1, 0.15) is 42.2 Å². The lowest BCUT2D eigenvalue weighted by Gasteiger charge is -2.38. The lowest BCUT2D eigenvalue weighted by atomic mass is 9.86. The fourth-order valence-corrected chi connectivity index (χ4v) is 1.90. The SMILES string of the molecule is Cc1cc(C)c(C(O)C(C)(C)N(C)C)cc1C. The molecule has 0 amide bonds. The summed E-state index contributed by atoms with van der Waals surface area (Å²) in [7, 11) is 4.00. The highest BCUT2D eigenvalue weighted by molar-refractivity contribution is 5.38. The Balaban J connectivity index is 3.21. The molecular weight excluding hydrogens is 210 g/mol. The fraction of sp³-hybridized carbons (Fsp3) is 0.600. The van der Waals surface area contributed by atoms with Gasteiger partial charge in [0.05, 0.1) is 6.10 Å². The van der Waals surface area contributed by atoms with Gasteiger partial charge in [0.25, 0.3) is 0 Å². The van der Waals surface area contributed by atoms with Crippen LogP contribution in [-0.2, 0) is 0 Å². The Morgan fingerprint density at radius 3 is 1.94 bits per heavy atom. The van der Waals surface area contributed by atoms with Crippen molar-refractivity contribution in [3.8, 4) is 0 Å². The van der Waals surface area contributed by atoms with Crippen LogP contribution in [0.25, 0.3) is 0 Å². The second-order valence-corrected chi connectivity index (χ2v) is 5.74. The van der Waals surface area contributed by atoms with Gasteiger partial charge < -0.3 is 10.0 Å². The van der Waals surface area contributed by atoms with Crippen molar-refractivity contribution in [2.24, 2.45) is 0 Å². The van der Waals surface area contributed by atoms with E-state index in [9.17, 15) is 5.11 Å². The van der Waals surface area contributed by atoms with E-state index in [4.69, 9.17) is 0 Å². The first-order valence-corrected chi connectivity index (χ1v) is 6.11. The smallest absolute Gasteiger partial charge is 0.0970 e. The zero-order valence-corrected chi connectivity index (χ0v) is 12.1. The lowest BCUT2D eigenvalue weighted by molar-refractivity contribution is 0.0160. The van der Waals surface area contributed by atoms with E-state index in [2.05, 4.69) is 51.7 Å². The van der Waals surface area contributed by atoms with Gasteiger partial charge >= 0.3 is 0 Å². The van der Waals surface area contributed by atoms with Crippen molar-refractivity contribution in [2.75, 3.05) is 14.1 Å². The van der Waals surface area contributed by atoms with Crippen molar-refractivity contribution >= 4 is 0 Å². The molecule has 0 radical (unpaired) electrons. The molecule has 1 unspecified atom stereocenters. The molecule has 0 heterocycles. The van der Waals surface area contributed by atoms with Crippen molar-refractivity contribution in [2.45, 2.75) is 46.3 Å². The van der Waals surface area contributed by atoms with Gasteiger partial charge in [-0.2, -0.15) is 0 Å². The van der Waals surface area contributed by atoms with Crippen LogP contribution >= 0.6 is 0 Å². The minimum Gasteiger partial charge on any atom is -0.386 e. The molecule has 1 aromatic rings. The lowest BCUT2D eigenvalue weighted by Crippen LogP contribution is -2.44. The van der Waals surface area contributed by atoms with Crippen LogP contribution in [0.5, 0.6) is 0 Å². The Morgan fingerprint density at radius 1 is 1.00 bits per heavy atom. The minimum atomic E-state index is -0.475. The van der Waals surface area contributed by atoms with Crippen molar-refractivity contribution in [1.29, 1.82) is 0 Å². The van der Waals surface area contributed by atoms with E-state index in [0.29, 0.717) is 0 Å². The van der Waals surface area contributed by atoms with Crippen LogP contribution in [0.2, 0.25) is 0 Å². The Kier molecular flexibility index (Phi) is 4.00. The average Bonchev–Trinajstić information content (AvgIpc) is 2.22. The molecule has 0 aliphatic carbocycles. The maximum atomic E-state index is 10.6. The van der Waals surface area contributed by atoms with E-state index >= 15 is 0 Å². The average molecular weight is 235 g/mol. The van der Waals surface area contributed by atoms with Crippen molar-refractivity contribution in [3.63, 3.8) is 0 Å². The van der Waals surface area contributed by atoms with Crippen LogP contribution in [0, 0.1) is 20.8 Å². The van der Waals surface area contributed by atoms with Crippen LogP contribution in [0.15, 0.2) is 12.1 Å². The van der Waals surface area contributed by atoms with Gasteiger partial charge in [0.2, 0.25) is 0 Å². The third-order valence-corrected chi connectivity index (χ3v) is 4.00. The summed E-state index contributed by atoms with van der Waals surface area (Å²) in [5, 5.41) is 10.6. The quantitative estimate of drug-likeness (QED) is 0.870. The predicted molar refractivity (Wildman–Crippen MR) is 73.4 cm³/mol. The zero-order chi connectivity index (χ0) is 13.4. The molecule has 0 aliphatic heterocycles. The van der Waals surface area contributed by atoms with E-state index in [1.807, 2.05) is 14.1 Å². The normalized spacial score (nSPS) is 14.2. The monoisotopic (exact) mass is 235 g/mol. The zero-order valence-electron chi connectivity index (χ0n) is 12.1. The van der Waals surface area contributed by atoms with Crippen molar-refractivity contribution in [1.82, 2.24) is 4.90 Å². The van der Waals surface area contributed by atoms with Crippen LogP contribution < -0.4 is 0 Å². The van der Waals surface area contributed by atoms with E-state index in [1.54, 1.807) is 0 Å². The van der Waals surface area contributed by atoms with Gasteiger partial charge in [-0.1, -0.05) is 12.1 Å². The number of rotatable bonds is 3. The Hall–Kier alpha value is -0.860. The summed E-state index contributed by atoms with van der Waals surface area (Å²) in [5.41, 5.74) is 4.44. The summed E-state index contributed by atoms with van der Waals surface area (Å²) < 4.78 is 0. The molecular formula is C15H25NO. The van der Waals surface area contributed by atoms with Gasteiger partial charge in [-0.15, -0.1) is 0 Å². The number of aliphatic hydroxyl groups is 1. The molecule has 1 N–H and O–H groups in total. The summed E-state index contributed by atoms with van der Waals surface area (Å²) >= 11 is 0. The van der Waals surface area contributed by atoms with E-state index in [1.165, 1.54) is 11.1 Å². The first-order chi connectivity index (χ1) is 7.67. The molecule has 0 saturated heterocycles. The Bertz CT molecular complexity index is 408. The molecule has 1 rings (SSSR count). The largest absolute Gasteiger partial charge is 0.386 e. The first-order valence-electron chi connectivity index (χ1n) is 6.11. The predicted octanol–water partition coefficient (Wildman–Crippen LogP) is 2.99. The van der Waals surface area contributed by atoms with E-state index in [0.717, 1.165) is 11.1 Å². The van der Waals surface area contributed by atoms with Crippen LogP contribution in [0.3, 0.4) is 0 Å². The molecule has 2 nitrogen and oxygen atoms in total. The second kappa shape index (κ2) is 4.79. The minimum absolute atomic E-state index is 0.271. The molecule has 0 fully saturated rings. The maximum Gasteiger partial charge on any atom is 0.0970 e. The van der Waals surface area contributed by atoms with E-state index < -0.39 is 6.10 Å². The molecule has 17 heavy (non-hydrogen) atoms. The van der Waals surface area contributed by atoms with Crippen LogP contribution in [0.4, 0.5) is 0 Å². The van der Waals surface area contributed by atoms with Crippen molar-refractivity contribution in [3.05, 3.63) is 34.4 Å². The summed E-state index contributed by atoms with van der Waals surface area (Å²) in [4.78, 5) is 2.06. The number of benzene rings is 1.